The minimum absolute atomic E-state index is 0.0639. The Bertz CT molecular complexity index is 314. The summed E-state index contributed by atoms with van der Waals surface area (Å²) in [6.07, 6.45) is -1.56. The molecule has 8 heteroatoms. The van der Waals surface area contributed by atoms with Gasteiger partial charge < -0.3 is 15.8 Å². The summed E-state index contributed by atoms with van der Waals surface area (Å²) in [5.74, 6) is 0.712. The van der Waals surface area contributed by atoms with Crippen molar-refractivity contribution in [2.45, 2.75) is 6.18 Å². The Morgan fingerprint density at radius 1 is 1.31 bits per heavy atom. The van der Waals surface area contributed by atoms with Crippen LogP contribution >= 0.6 is 0 Å². The highest BCUT2D eigenvalue weighted by Crippen LogP contribution is 2.14. The van der Waals surface area contributed by atoms with Crippen LogP contribution < -0.4 is 11.1 Å². The fourth-order valence-corrected chi connectivity index (χ4v) is 0.868. The molecule has 0 aliphatic heterocycles. The van der Waals surface area contributed by atoms with E-state index in [1.807, 2.05) is 0 Å². The molecule has 0 unspecified atom stereocenters. The van der Waals surface area contributed by atoms with Crippen LogP contribution in [0.1, 0.15) is 0 Å². The normalized spacial score (nSPS) is 11.4. The molecule has 0 atom stereocenters. The van der Waals surface area contributed by atoms with E-state index in [4.69, 9.17) is 5.73 Å². The molecule has 1 aromatic heterocycles. The molecule has 0 spiro atoms. The third-order valence-corrected chi connectivity index (χ3v) is 1.49. The van der Waals surface area contributed by atoms with Crippen LogP contribution in [0, 0.1) is 0 Å². The van der Waals surface area contributed by atoms with Gasteiger partial charge in [0.15, 0.2) is 0 Å². The highest BCUT2D eigenvalue weighted by Gasteiger charge is 2.27. The summed E-state index contributed by atoms with van der Waals surface area (Å²) < 4.78 is 39.4. The van der Waals surface area contributed by atoms with Crippen LogP contribution in [0.3, 0.4) is 0 Å². The smallest absolute Gasteiger partial charge is 0.382 e. The fraction of sp³-hybridized carbons (Fsp3) is 0.500. The van der Waals surface area contributed by atoms with E-state index in [-0.39, 0.29) is 19.0 Å². The van der Waals surface area contributed by atoms with Gasteiger partial charge in [0.2, 0.25) is 0 Å². The molecule has 16 heavy (non-hydrogen) atoms. The van der Waals surface area contributed by atoms with Crippen LogP contribution in [-0.4, -0.2) is 35.9 Å². The zero-order valence-corrected chi connectivity index (χ0v) is 8.29. The molecular weight excluding hydrogens is 225 g/mol. The predicted molar refractivity (Wildman–Crippen MR) is 51.8 cm³/mol. The molecule has 0 fully saturated rings. The lowest BCUT2D eigenvalue weighted by Crippen LogP contribution is -2.20. The fourth-order valence-electron chi connectivity index (χ4n) is 0.868. The van der Waals surface area contributed by atoms with Crippen LogP contribution in [0.25, 0.3) is 0 Å². The minimum Gasteiger partial charge on any atom is -0.382 e. The first-order valence-corrected chi connectivity index (χ1v) is 4.43. The van der Waals surface area contributed by atoms with Crippen LogP contribution in [0.15, 0.2) is 12.4 Å². The second-order valence-corrected chi connectivity index (χ2v) is 2.92. The van der Waals surface area contributed by atoms with E-state index in [1.165, 1.54) is 12.4 Å². The number of anilines is 2. The minimum atomic E-state index is -4.29. The molecule has 0 bridgehead atoms. The molecule has 1 heterocycles. The first kappa shape index (κ1) is 12.5. The van der Waals surface area contributed by atoms with Crippen molar-refractivity contribution >= 4 is 11.6 Å². The number of hydrogen-bond donors (Lipinski definition) is 2. The van der Waals surface area contributed by atoms with E-state index < -0.39 is 12.8 Å². The van der Waals surface area contributed by atoms with E-state index in [9.17, 15) is 13.2 Å². The summed E-state index contributed by atoms with van der Waals surface area (Å²) in [6.45, 7) is -1.09. The number of aromatic nitrogens is 2. The average Bonchev–Trinajstić information content (AvgIpc) is 2.19. The average molecular weight is 236 g/mol. The van der Waals surface area contributed by atoms with Gasteiger partial charge in [-0.15, -0.1) is 0 Å². The maximum atomic E-state index is 11.7. The highest BCUT2D eigenvalue weighted by atomic mass is 19.4. The number of nitrogens with two attached hydrogens (primary N) is 1. The SMILES string of the molecule is Nc1cnc(NCCOCC(F)(F)F)cn1. The van der Waals surface area contributed by atoms with Crippen molar-refractivity contribution in [3.63, 3.8) is 0 Å². The molecule has 3 N–H and O–H groups in total. The van der Waals surface area contributed by atoms with E-state index >= 15 is 0 Å². The maximum Gasteiger partial charge on any atom is 0.411 e. The number of nitrogens with zero attached hydrogens (tertiary/aromatic N) is 2. The molecule has 5 nitrogen and oxygen atoms in total. The van der Waals surface area contributed by atoms with Crippen LogP contribution in [0.5, 0.6) is 0 Å². The Balaban J connectivity index is 2.14. The standard InChI is InChI=1S/C8H11F3N4O/c9-8(10,11)5-16-2-1-13-7-4-14-6(12)3-15-7/h3-4H,1-2,5H2,(H2,12,14)(H,13,15). The zero-order valence-electron chi connectivity index (χ0n) is 8.29. The molecule has 0 aliphatic carbocycles. The number of nitrogen functional groups attached to an aromatic ring is 1. The van der Waals surface area contributed by atoms with E-state index in [0.29, 0.717) is 5.82 Å². The Kier molecular flexibility index (Phi) is 4.29. The van der Waals surface area contributed by atoms with Gasteiger partial charge in [-0.2, -0.15) is 13.2 Å². The summed E-state index contributed by atoms with van der Waals surface area (Å²) in [5, 5.41) is 2.74. The Morgan fingerprint density at radius 3 is 2.62 bits per heavy atom. The largest absolute Gasteiger partial charge is 0.411 e. The first-order valence-electron chi connectivity index (χ1n) is 4.43. The van der Waals surface area contributed by atoms with Crippen molar-refractivity contribution in [3.05, 3.63) is 12.4 Å². The van der Waals surface area contributed by atoms with Crippen molar-refractivity contribution in [1.82, 2.24) is 9.97 Å². The van der Waals surface area contributed by atoms with Crippen molar-refractivity contribution < 1.29 is 17.9 Å². The number of halogens is 3. The Morgan fingerprint density at radius 2 is 2.06 bits per heavy atom. The van der Waals surface area contributed by atoms with Gasteiger partial charge >= 0.3 is 6.18 Å². The number of ether oxygens (including phenoxy) is 1. The van der Waals surface area contributed by atoms with Crippen LogP contribution in [0.4, 0.5) is 24.8 Å². The molecule has 0 aliphatic rings. The maximum absolute atomic E-state index is 11.7. The number of rotatable bonds is 5. The topological polar surface area (TPSA) is 73.1 Å². The molecule has 0 amide bonds. The van der Waals surface area contributed by atoms with Gasteiger partial charge in [0.05, 0.1) is 19.0 Å². The molecular formula is C8H11F3N4O. The quantitative estimate of drug-likeness (QED) is 0.747. The van der Waals surface area contributed by atoms with Crippen molar-refractivity contribution in [2.75, 3.05) is 30.8 Å². The van der Waals surface area contributed by atoms with Crippen LogP contribution in [-0.2, 0) is 4.74 Å². The molecule has 1 aromatic rings. The molecule has 0 saturated heterocycles. The lowest BCUT2D eigenvalue weighted by Gasteiger charge is -2.08. The molecule has 0 aromatic carbocycles. The van der Waals surface area contributed by atoms with Crippen molar-refractivity contribution in [2.24, 2.45) is 0 Å². The van der Waals surface area contributed by atoms with Gasteiger partial charge in [-0.1, -0.05) is 0 Å². The predicted octanol–water partition coefficient (Wildman–Crippen LogP) is 1.05. The highest BCUT2D eigenvalue weighted by molar-refractivity contribution is 5.35. The van der Waals surface area contributed by atoms with Gasteiger partial charge in [0.25, 0.3) is 0 Å². The Hall–Kier alpha value is -1.57. The number of alkyl halides is 3. The van der Waals surface area contributed by atoms with Gasteiger partial charge in [-0.25, -0.2) is 9.97 Å². The van der Waals surface area contributed by atoms with E-state index in [1.54, 1.807) is 0 Å². The summed E-state index contributed by atoms with van der Waals surface area (Å²) in [6, 6.07) is 0. The van der Waals surface area contributed by atoms with Crippen LogP contribution in [0.2, 0.25) is 0 Å². The van der Waals surface area contributed by atoms with Gasteiger partial charge in [0.1, 0.15) is 18.2 Å². The van der Waals surface area contributed by atoms with Gasteiger partial charge in [0, 0.05) is 6.54 Å². The summed E-state index contributed by atoms with van der Waals surface area (Å²) in [5.41, 5.74) is 5.30. The second kappa shape index (κ2) is 5.50. The summed E-state index contributed by atoms with van der Waals surface area (Å²) >= 11 is 0. The molecule has 0 radical (unpaired) electrons. The second-order valence-electron chi connectivity index (χ2n) is 2.92. The lowest BCUT2D eigenvalue weighted by molar-refractivity contribution is -0.172. The van der Waals surface area contributed by atoms with Gasteiger partial charge in [-0.05, 0) is 0 Å². The molecule has 1 rings (SSSR count). The summed E-state index contributed by atoms with van der Waals surface area (Å²) in [4.78, 5) is 7.60. The van der Waals surface area contributed by atoms with E-state index in [0.717, 1.165) is 0 Å². The number of hydrogen-bond acceptors (Lipinski definition) is 5. The number of nitrogens with one attached hydrogen (secondary N) is 1. The van der Waals surface area contributed by atoms with Gasteiger partial charge in [-0.3, -0.25) is 0 Å². The third-order valence-electron chi connectivity index (χ3n) is 1.49. The lowest BCUT2D eigenvalue weighted by atomic mass is 10.6. The van der Waals surface area contributed by atoms with Crippen molar-refractivity contribution in [3.8, 4) is 0 Å². The van der Waals surface area contributed by atoms with Crippen molar-refractivity contribution in [1.29, 1.82) is 0 Å². The molecule has 0 saturated carbocycles. The third kappa shape index (κ3) is 5.35. The zero-order chi connectivity index (χ0) is 12.0. The molecule has 90 valence electrons. The Labute approximate surface area is 89.8 Å². The summed E-state index contributed by atoms with van der Waals surface area (Å²) in [7, 11) is 0. The van der Waals surface area contributed by atoms with E-state index in [2.05, 4.69) is 20.0 Å². The first-order chi connectivity index (χ1) is 7.47. The monoisotopic (exact) mass is 236 g/mol.